The third-order valence-electron chi connectivity index (χ3n) is 2.82. The maximum atomic E-state index is 10.8. The molecule has 0 radical (unpaired) electrons. The summed E-state index contributed by atoms with van der Waals surface area (Å²) in [7, 11) is -16.1. The molecule has 5 atom stereocenters. The van der Waals surface area contributed by atoms with Crippen molar-refractivity contribution >= 4 is 31.3 Å². The lowest BCUT2D eigenvalue weighted by Gasteiger charge is -2.21. The smallest absolute Gasteiger partial charge is 0.302 e. The molecule has 0 saturated carbocycles. The molecule has 4 N–H and O–H groups in total. The molecular weight excluding hydrogens is 484 g/mol. The Hall–Kier alpha value is 0.480. The first-order valence-corrected chi connectivity index (χ1v) is 14.0. The molecule has 3 heterocycles. The summed E-state index contributed by atoms with van der Waals surface area (Å²) >= 11 is 0. The lowest BCUT2D eigenvalue weighted by molar-refractivity contribution is 0.0651. The van der Waals surface area contributed by atoms with Crippen LogP contribution in [0.25, 0.3) is 0 Å². The molecule has 5 unspecified atom stereocenters. The van der Waals surface area contributed by atoms with E-state index in [1.807, 2.05) is 6.92 Å². The Morgan fingerprint density at radius 2 is 0.966 bits per heavy atom. The van der Waals surface area contributed by atoms with Gasteiger partial charge in [0.25, 0.3) is 0 Å². The van der Waals surface area contributed by atoms with Gasteiger partial charge in [-0.1, -0.05) is 6.92 Å². The molecule has 3 aliphatic heterocycles. The highest BCUT2D eigenvalue weighted by Gasteiger charge is 2.40. The minimum absolute atomic E-state index is 0.216. The number of phosphoric ester groups is 4. The van der Waals surface area contributed by atoms with Gasteiger partial charge in [-0.2, -0.15) is 4.31 Å². The second-order valence-corrected chi connectivity index (χ2v) is 11.9. The molecule has 3 rings (SSSR count). The molecule has 174 valence electrons. The standard InChI is InChI=1S/C4H9O4P.C3H8O7P2.C3H7O4P/c1-4-2-7-9(5,6)8-3-4;1-3-2-8-11(4,5)10-12(6,7)9-3;1-3-2-6-8(4,5)7-3/h4H,2-3H2,1H3,(H,5,6);3H,2H2,1H3,(H,4,5)(H,6,7);3H,2H2,1H3,(H,4,5). The normalized spacial score (nSPS) is 47.8. The van der Waals surface area contributed by atoms with Crippen LogP contribution in [-0.4, -0.2) is 58.2 Å². The van der Waals surface area contributed by atoms with Gasteiger partial charge in [-0.05, 0) is 13.8 Å². The van der Waals surface area contributed by atoms with Crippen LogP contribution >= 0.6 is 31.3 Å². The van der Waals surface area contributed by atoms with Gasteiger partial charge < -0.3 is 19.6 Å². The van der Waals surface area contributed by atoms with Crippen LogP contribution in [0.15, 0.2) is 0 Å². The van der Waals surface area contributed by atoms with Crippen LogP contribution in [0.5, 0.6) is 0 Å². The minimum atomic E-state index is -4.45. The van der Waals surface area contributed by atoms with Crippen molar-refractivity contribution in [2.24, 2.45) is 5.92 Å². The van der Waals surface area contributed by atoms with E-state index in [-0.39, 0.29) is 25.2 Å². The summed E-state index contributed by atoms with van der Waals surface area (Å²) < 4.78 is 72.5. The van der Waals surface area contributed by atoms with Gasteiger partial charge in [0.15, 0.2) is 0 Å². The predicted molar refractivity (Wildman–Crippen MR) is 94.5 cm³/mol. The first-order chi connectivity index (χ1) is 13.0. The topological polar surface area (TPSA) is 214 Å². The fourth-order valence-electron chi connectivity index (χ4n) is 1.65. The van der Waals surface area contributed by atoms with Gasteiger partial charge in [-0.3, -0.25) is 27.1 Å². The fraction of sp³-hybridized carbons (Fsp3) is 1.00. The lowest BCUT2D eigenvalue weighted by atomic mass is 10.2. The molecule has 0 aliphatic carbocycles. The monoisotopic (exact) mass is 508 g/mol. The third kappa shape index (κ3) is 12.2. The van der Waals surface area contributed by atoms with E-state index in [4.69, 9.17) is 19.6 Å². The molecule has 0 aromatic carbocycles. The van der Waals surface area contributed by atoms with Crippen molar-refractivity contribution in [3.63, 3.8) is 0 Å². The molecule has 0 aromatic rings. The van der Waals surface area contributed by atoms with E-state index in [2.05, 4.69) is 31.5 Å². The van der Waals surface area contributed by atoms with E-state index < -0.39 is 37.4 Å². The molecule has 0 amide bonds. The molecule has 29 heavy (non-hydrogen) atoms. The maximum Gasteiger partial charge on any atom is 0.481 e. The van der Waals surface area contributed by atoms with Crippen molar-refractivity contribution in [3.05, 3.63) is 0 Å². The highest BCUT2D eigenvalue weighted by Crippen LogP contribution is 2.62. The van der Waals surface area contributed by atoms with Gasteiger partial charge in [0.2, 0.25) is 0 Å². The number of hydrogen-bond donors (Lipinski definition) is 4. The van der Waals surface area contributed by atoms with Crippen LogP contribution in [0.1, 0.15) is 20.8 Å². The van der Waals surface area contributed by atoms with Crippen molar-refractivity contribution < 1.29 is 69.3 Å². The van der Waals surface area contributed by atoms with Crippen LogP contribution in [-0.2, 0) is 49.7 Å². The SMILES string of the molecule is CC1COP(=O)(O)O1.CC1COP(=O)(O)OC1.CC1COP(=O)(O)OP(=O)(O)O1. The minimum Gasteiger partial charge on any atom is -0.302 e. The number of rotatable bonds is 0. The molecule has 3 fully saturated rings. The van der Waals surface area contributed by atoms with Gasteiger partial charge in [-0.15, -0.1) is 0 Å². The summed E-state index contributed by atoms with van der Waals surface area (Å²) in [6.07, 6.45) is -1.00. The van der Waals surface area contributed by atoms with Crippen molar-refractivity contribution in [3.8, 4) is 0 Å². The summed E-state index contributed by atoms with van der Waals surface area (Å²) in [5.41, 5.74) is 0. The zero-order chi connectivity index (χ0) is 22.5. The van der Waals surface area contributed by atoms with Crippen LogP contribution < -0.4 is 0 Å². The molecule has 15 nitrogen and oxygen atoms in total. The van der Waals surface area contributed by atoms with Crippen LogP contribution in [0.3, 0.4) is 0 Å². The van der Waals surface area contributed by atoms with E-state index >= 15 is 0 Å². The highest BCUT2D eigenvalue weighted by atomic mass is 31.3. The summed E-state index contributed by atoms with van der Waals surface area (Å²) in [6, 6.07) is 0. The van der Waals surface area contributed by atoms with Gasteiger partial charge in [-0.25, -0.2) is 18.3 Å². The summed E-state index contributed by atoms with van der Waals surface area (Å²) in [5, 5.41) is 0. The van der Waals surface area contributed by atoms with Crippen molar-refractivity contribution in [1.29, 1.82) is 0 Å². The molecule has 3 saturated heterocycles. The van der Waals surface area contributed by atoms with Crippen molar-refractivity contribution in [2.45, 2.75) is 33.0 Å². The highest BCUT2D eigenvalue weighted by molar-refractivity contribution is 7.61. The zero-order valence-corrected chi connectivity index (χ0v) is 19.2. The predicted octanol–water partition coefficient (Wildman–Crippen LogP) is 1.93. The maximum absolute atomic E-state index is 10.8. The van der Waals surface area contributed by atoms with Crippen LogP contribution in [0.4, 0.5) is 0 Å². The zero-order valence-electron chi connectivity index (χ0n) is 15.6. The average Bonchev–Trinajstić information content (AvgIpc) is 2.80. The summed E-state index contributed by atoms with van der Waals surface area (Å²) in [5.74, 6) is 0.222. The Bertz CT molecular complexity index is 714. The van der Waals surface area contributed by atoms with Crippen LogP contribution in [0.2, 0.25) is 0 Å². The molecule has 19 heteroatoms. The van der Waals surface area contributed by atoms with E-state index in [1.54, 1.807) is 6.92 Å². The van der Waals surface area contributed by atoms with Crippen molar-refractivity contribution in [1.82, 2.24) is 0 Å². The molecule has 0 spiro atoms. The van der Waals surface area contributed by atoms with Crippen LogP contribution in [0, 0.1) is 5.92 Å². The largest absolute Gasteiger partial charge is 0.481 e. The Kier molecular flexibility index (Phi) is 10.3. The summed E-state index contributed by atoms with van der Waals surface area (Å²) in [4.78, 5) is 34.5. The van der Waals surface area contributed by atoms with Gasteiger partial charge >= 0.3 is 31.3 Å². The van der Waals surface area contributed by atoms with E-state index in [0.717, 1.165) is 0 Å². The van der Waals surface area contributed by atoms with E-state index in [1.165, 1.54) is 6.92 Å². The van der Waals surface area contributed by atoms with Gasteiger partial charge in [0.05, 0.1) is 38.6 Å². The third-order valence-corrected chi connectivity index (χ3v) is 7.63. The van der Waals surface area contributed by atoms with Gasteiger partial charge in [0, 0.05) is 5.92 Å². The molecular formula is C10H24O15P4. The Morgan fingerprint density at radius 1 is 0.586 bits per heavy atom. The number of hydrogen-bond acceptors (Lipinski definition) is 11. The Morgan fingerprint density at radius 3 is 1.31 bits per heavy atom. The Labute approximate surface area is 166 Å². The molecule has 0 aromatic heterocycles. The number of phosphoric acid groups is 4. The molecule has 0 bridgehead atoms. The van der Waals surface area contributed by atoms with Gasteiger partial charge in [0.1, 0.15) is 0 Å². The first-order valence-electron chi connectivity index (χ1n) is 7.98. The molecule has 3 aliphatic rings. The quantitative estimate of drug-likeness (QED) is 0.344. The second kappa shape index (κ2) is 10.9. The average molecular weight is 508 g/mol. The van der Waals surface area contributed by atoms with E-state index in [0.29, 0.717) is 13.2 Å². The summed E-state index contributed by atoms with van der Waals surface area (Å²) in [6.45, 7) is 5.56. The van der Waals surface area contributed by atoms with E-state index in [9.17, 15) is 18.3 Å². The van der Waals surface area contributed by atoms with Crippen molar-refractivity contribution in [2.75, 3.05) is 26.4 Å². The second-order valence-electron chi connectivity index (χ2n) is 6.08. The Balaban J connectivity index is 0.000000223. The lowest BCUT2D eigenvalue weighted by Crippen LogP contribution is -2.17. The first kappa shape index (κ1) is 27.5. The fourth-order valence-corrected chi connectivity index (χ4v) is 5.88.